The minimum atomic E-state index is -3.74. The summed E-state index contributed by atoms with van der Waals surface area (Å²) in [4.78, 5) is 14.1. The fraction of sp³-hybridized carbons (Fsp3) is 0.350. The number of hydrogen-bond donors (Lipinski definition) is 1. The molecule has 2 aromatic rings. The van der Waals surface area contributed by atoms with E-state index in [0.29, 0.717) is 12.4 Å². The largest absolute Gasteiger partial charge is 0.496 e. The van der Waals surface area contributed by atoms with Crippen LogP contribution in [0.3, 0.4) is 0 Å². The van der Waals surface area contributed by atoms with Crippen LogP contribution >= 0.6 is 0 Å². The lowest BCUT2D eigenvalue weighted by Gasteiger charge is -2.18. The summed E-state index contributed by atoms with van der Waals surface area (Å²) in [5, 5.41) is 0. The van der Waals surface area contributed by atoms with Gasteiger partial charge in [-0.15, -0.1) is 0 Å². The van der Waals surface area contributed by atoms with E-state index in [1.54, 1.807) is 48.2 Å². The van der Waals surface area contributed by atoms with Crippen molar-refractivity contribution in [2.24, 2.45) is 0 Å². The van der Waals surface area contributed by atoms with Crippen molar-refractivity contribution < 1.29 is 22.7 Å². The van der Waals surface area contributed by atoms with E-state index in [4.69, 9.17) is 9.47 Å². The lowest BCUT2D eigenvalue weighted by molar-refractivity contribution is -0.117. The van der Waals surface area contributed by atoms with Crippen molar-refractivity contribution in [2.75, 3.05) is 25.2 Å². The van der Waals surface area contributed by atoms with Crippen molar-refractivity contribution in [1.82, 2.24) is 4.72 Å². The lowest BCUT2D eigenvalue weighted by atomic mass is 10.2. The topological polar surface area (TPSA) is 84.9 Å². The summed E-state index contributed by atoms with van der Waals surface area (Å²) in [5.41, 5.74) is 1.44. The summed E-state index contributed by atoms with van der Waals surface area (Å²) in [5.74, 6) is 1.23. The molecule has 0 aliphatic carbocycles. The van der Waals surface area contributed by atoms with E-state index in [0.717, 1.165) is 17.0 Å². The highest BCUT2D eigenvalue weighted by Gasteiger charge is 2.33. The van der Waals surface area contributed by atoms with Crippen LogP contribution in [0.15, 0.2) is 47.4 Å². The van der Waals surface area contributed by atoms with Crippen LogP contribution in [0.5, 0.6) is 11.5 Å². The molecular weight excluding hydrogens is 380 g/mol. The molecule has 28 heavy (non-hydrogen) atoms. The van der Waals surface area contributed by atoms with Crippen LogP contribution in [0.1, 0.15) is 18.9 Å². The molecule has 0 bridgehead atoms. The SMILES string of the molecule is CCOc1ccc(N2C[C@@H](NS(=O)(=O)c3ccc(OC)c(C)c3)CC2=O)cc1. The van der Waals surface area contributed by atoms with Crippen LogP contribution in [-0.2, 0) is 14.8 Å². The number of amides is 1. The Kier molecular flexibility index (Phi) is 5.90. The number of hydrogen-bond acceptors (Lipinski definition) is 5. The van der Waals surface area contributed by atoms with Crippen molar-refractivity contribution in [3.63, 3.8) is 0 Å². The Bertz CT molecular complexity index is 957. The van der Waals surface area contributed by atoms with Crippen LogP contribution in [0.2, 0.25) is 0 Å². The van der Waals surface area contributed by atoms with E-state index in [-0.39, 0.29) is 23.8 Å². The molecule has 1 fully saturated rings. The normalized spacial score (nSPS) is 17.0. The van der Waals surface area contributed by atoms with Crippen LogP contribution in [0.4, 0.5) is 5.69 Å². The number of rotatable bonds is 7. The number of methoxy groups -OCH3 is 1. The number of carbonyl (C=O) groups is 1. The molecule has 1 amide bonds. The van der Waals surface area contributed by atoms with Gasteiger partial charge in [-0.25, -0.2) is 13.1 Å². The summed E-state index contributed by atoms with van der Waals surface area (Å²) in [6.45, 7) is 4.53. The maximum absolute atomic E-state index is 12.7. The zero-order valence-corrected chi connectivity index (χ0v) is 17.0. The second-order valence-corrected chi connectivity index (χ2v) is 8.30. The molecule has 0 aromatic heterocycles. The lowest BCUT2D eigenvalue weighted by Crippen LogP contribution is -2.37. The number of nitrogens with one attached hydrogen (secondary N) is 1. The third kappa shape index (κ3) is 4.28. The first kappa shape index (κ1) is 20.2. The monoisotopic (exact) mass is 404 g/mol. The van der Waals surface area contributed by atoms with Crippen LogP contribution < -0.4 is 19.1 Å². The van der Waals surface area contributed by atoms with Gasteiger partial charge in [-0.2, -0.15) is 0 Å². The van der Waals surface area contributed by atoms with Crippen molar-refractivity contribution in [3.05, 3.63) is 48.0 Å². The third-order valence-corrected chi connectivity index (χ3v) is 6.10. The molecule has 2 aromatic carbocycles. The highest BCUT2D eigenvalue weighted by atomic mass is 32.2. The van der Waals surface area contributed by atoms with Gasteiger partial charge >= 0.3 is 0 Å². The van der Waals surface area contributed by atoms with Crippen molar-refractivity contribution in [1.29, 1.82) is 0 Å². The van der Waals surface area contributed by atoms with Gasteiger partial charge in [-0.05, 0) is 61.9 Å². The summed E-state index contributed by atoms with van der Waals surface area (Å²) < 4.78 is 38.6. The zero-order valence-electron chi connectivity index (χ0n) is 16.1. The standard InChI is InChI=1S/C20H24N2O5S/c1-4-27-17-7-5-16(6-8-17)22-13-15(12-20(22)23)21-28(24,25)18-9-10-19(26-3)14(2)11-18/h5-11,15,21H,4,12-13H2,1-3H3/t15-/m0/s1. The van der Waals surface area contributed by atoms with Gasteiger partial charge in [0.15, 0.2) is 0 Å². The molecule has 1 aliphatic heterocycles. The molecule has 0 saturated carbocycles. The van der Waals surface area contributed by atoms with E-state index >= 15 is 0 Å². The molecule has 0 unspecified atom stereocenters. The highest BCUT2D eigenvalue weighted by molar-refractivity contribution is 7.89. The molecule has 0 spiro atoms. The van der Waals surface area contributed by atoms with E-state index in [1.807, 2.05) is 6.92 Å². The molecule has 3 rings (SSSR count). The third-order valence-electron chi connectivity index (χ3n) is 4.58. The van der Waals surface area contributed by atoms with E-state index < -0.39 is 16.1 Å². The number of carbonyl (C=O) groups excluding carboxylic acids is 1. The minimum Gasteiger partial charge on any atom is -0.496 e. The van der Waals surface area contributed by atoms with Gasteiger partial charge in [0.2, 0.25) is 15.9 Å². The Labute approximate surface area is 165 Å². The maximum Gasteiger partial charge on any atom is 0.240 e. The molecule has 1 N–H and O–H groups in total. The van der Waals surface area contributed by atoms with Gasteiger partial charge in [0, 0.05) is 24.7 Å². The molecule has 8 heteroatoms. The fourth-order valence-corrected chi connectivity index (χ4v) is 4.54. The van der Waals surface area contributed by atoms with Crippen LogP contribution in [-0.4, -0.2) is 40.6 Å². The number of nitrogens with zero attached hydrogens (tertiary/aromatic N) is 1. The summed E-state index contributed by atoms with van der Waals surface area (Å²) in [7, 11) is -2.20. The van der Waals surface area contributed by atoms with Gasteiger partial charge in [0.05, 0.1) is 18.6 Å². The number of benzene rings is 2. The molecule has 1 heterocycles. The summed E-state index contributed by atoms with van der Waals surface area (Å²) in [6, 6.07) is 11.4. The van der Waals surface area contributed by atoms with Crippen molar-refractivity contribution >= 4 is 21.6 Å². The maximum atomic E-state index is 12.7. The first-order valence-corrected chi connectivity index (χ1v) is 10.5. The molecular formula is C20H24N2O5S. The average molecular weight is 404 g/mol. The molecule has 150 valence electrons. The Morgan fingerprint density at radius 2 is 1.89 bits per heavy atom. The number of ether oxygens (including phenoxy) is 2. The van der Waals surface area contributed by atoms with Crippen LogP contribution in [0.25, 0.3) is 0 Å². The van der Waals surface area contributed by atoms with Gasteiger partial charge in [0.25, 0.3) is 0 Å². The summed E-state index contributed by atoms with van der Waals surface area (Å²) >= 11 is 0. The van der Waals surface area contributed by atoms with Gasteiger partial charge < -0.3 is 14.4 Å². The zero-order chi connectivity index (χ0) is 20.3. The molecule has 1 aliphatic rings. The predicted octanol–water partition coefficient (Wildman–Crippen LogP) is 2.49. The first-order valence-electron chi connectivity index (χ1n) is 9.04. The van der Waals surface area contributed by atoms with E-state index in [1.165, 1.54) is 13.2 Å². The Morgan fingerprint density at radius 1 is 1.18 bits per heavy atom. The van der Waals surface area contributed by atoms with Gasteiger partial charge in [-0.1, -0.05) is 0 Å². The number of sulfonamides is 1. The van der Waals surface area contributed by atoms with Gasteiger partial charge in [-0.3, -0.25) is 4.79 Å². The Morgan fingerprint density at radius 3 is 2.50 bits per heavy atom. The van der Waals surface area contributed by atoms with Gasteiger partial charge in [0.1, 0.15) is 11.5 Å². The van der Waals surface area contributed by atoms with Crippen LogP contribution in [0, 0.1) is 6.92 Å². The molecule has 1 atom stereocenters. The smallest absolute Gasteiger partial charge is 0.240 e. The Balaban J connectivity index is 1.71. The number of aryl methyl sites for hydroxylation is 1. The molecule has 0 radical (unpaired) electrons. The molecule has 1 saturated heterocycles. The Hall–Kier alpha value is -2.58. The number of anilines is 1. The van der Waals surface area contributed by atoms with E-state index in [9.17, 15) is 13.2 Å². The van der Waals surface area contributed by atoms with E-state index in [2.05, 4.69) is 4.72 Å². The summed E-state index contributed by atoms with van der Waals surface area (Å²) in [6.07, 6.45) is 0.113. The van der Waals surface area contributed by atoms with Crippen molar-refractivity contribution in [2.45, 2.75) is 31.2 Å². The quantitative estimate of drug-likeness (QED) is 0.766. The highest BCUT2D eigenvalue weighted by Crippen LogP contribution is 2.26. The first-order chi connectivity index (χ1) is 13.3. The minimum absolute atomic E-state index is 0.113. The van der Waals surface area contributed by atoms with Crippen molar-refractivity contribution in [3.8, 4) is 11.5 Å². The fourth-order valence-electron chi connectivity index (χ4n) is 3.23. The second-order valence-electron chi connectivity index (χ2n) is 6.59. The second kappa shape index (κ2) is 8.20. The molecule has 7 nitrogen and oxygen atoms in total. The predicted molar refractivity (Wildman–Crippen MR) is 106 cm³/mol. The average Bonchev–Trinajstić information content (AvgIpc) is 3.02.